The Morgan fingerprint density at radius 3 is 3.00 bits per heavy atom. The number of benzene rings is 1. The summed E-state index contributed by atoms with van der Waals surface area (Å²) >= 11 is 3.33. The maximum Gasteiger partial charge on any atom is 0.173 e. The van der Waals surface area contributed by atoms with E-state index in [4.69, 9.17) is 6.11 Å². The summed E-state index contributed by atoms with van der Waals surface area (Å²) in [7, 11) is 0. The minimum absolute atomic E-state index is 0.00236. The second kappa shape index (κ2) is 3.97. The van der Waals surface area contributed by atoms with Crippen molar-refractivity contribution in [1.29, 1.82) is 0 Å². The van der Waals surface area contributed by atoms with E-state index in [0.29, 0.717) is 17.7 Å². The summed E-state index contributed by atoms with van der Waals surface area (Å²) in [5, 5.41) is 0. The van der Waals surface area contributed by atoms with Gasteiger partial charge in [-0.1, -0.05) is 22.9 Å². The number of rotatable bonds is 1. The molecule has 1 aliphatic rings. The quantitative estimate of drug-likeness (QED) is 0.781. The first-order valence-corrected chi connectivity index (χ1v) is 5.78. The summed E-state index contributed by atoms with van der Waals surface area (Å²) in [5.41, 5.74) is 0.575. The van der Waals surface area contributed by atoms with Crippen molar-refractivity contribution in [3.63, 3.8) is 0 Å². The molecule has 2 rings (SSSR count). The van der Waals surface area contributed by atoms with Crippen molar-refractivity contribution in [2.45, 2.75) is 26.3 Å². The average molecular weight is 270 g/mol. The van der Waals surface area contributed by atoms with Gasteiger partial charge in [-0.25, -0.2) is 0 Å². The SMILES string of the molecule is [2H]C1(C)Oc2ccc(Br)cc2C(=O)C1CC. The minimum atomic E-state index is -1.16. The first-order chi connectivity index (χ1) is 7.45. The van der Waals surface area contributed by atoms with E-state index >= 15 is 0 Å². The van der Waals surface area contributed by atoms with Crippen LogP contribution >= 0.6 is 15.9 Å². The van der Waals surface area contributed by atoms with Crippen LogP contribution in [0.15, 0.2) is 22.7 Å². The van der Waals surface area contributed by atoms with Crippen LogP contribution in [0.4, 0.5) is 0 Å². The third kappa shape index (κ3) is 1.81. The average Bonchev–Trinajstić information content (AvgIpc) is 2.19. The number of Topliss-reactive ketones (excluding diaryl/α,β-unsaturated/α-hetero) is 1. The number of ether oxygens (including phenoxy) is 1. The monoisotopic (exact) mass is 269 g/mol. The number of hydrogen-bond donors (Lipinski definition) is 0. The first-order valence-electron chi connectivity index (χ1n) is 5.48. The molecule has 0 aromatic heterocycles. The molecule has 0 bridgehead atoms. The topological polar surface area (TPSA) is 26.3 Å². The van der Waals surface area contributed by atoms with E-state index in [2.05, 4.69) is 15.9 Å². The van der Waals surface area contributed by atoms with Crippen molar-refractivity contribution in [2.75, 3.05) is 0 Å². The zero-order valence-corrected chi connectivity index (χ0v) is 10.3. The van der Waals surface area contributed by atoms with Gasteiger partial charge in [0.1, 0.15) is 11.8 Å². The molecule has 3 heteroatoms. The predicted octanol–water partition coefficient (Wildman–Crippen LogP) is 3.44. The van der Waals surface area contributed by atoms with Crippen LogP contribution in [0.5, 0.6) is 5.75 Å². The number of carbonyl (C=O) groups excluding carboxylic acids is 1. The lowest BCUT2D eigenvalue weighted by Crippen LogP contribution is -2.35. The molecule has 0 amide bonds. The Morgan fingerprint density at radius 1 is 1.60 bits per heavy atom. The molecule has 0 spiro atoms. The van der Waals surface area contributed by atoms with Crippen molar-refractivity contribution in [3.05, 3.63) is 28.2 Å². The van der Waals surface area contributed by atoms with Crippen LogP contribution in [-0.4, -0.2) is 11.9 Å². The fourth-order valence-corrected chi connectivity index (χ4v) is 2.23. The van der Waals surface area contributed by atoms with Gasteiger partial charge in [0.15, 0.2) is 5.78 Å². The van der Waals surface area contributed by atoms with Gasteiger partial charge in [0, 0.05) is 4.47 Å². The second-order valence-electron chi connectivity index (χ2n) is 3.68. The molecule has 1 heterocycles. The largest absolute Gasteiger partial charge is 0.489 e. The Labute approximate surface area is 99.2 Å². The molecule has 80 valence electrons. The highest BCUT2D eigenvalue weighted by atomic mass is 79.9. The third-order valence-corrected chi connectivity index (χ3v) is 3.19. The highest BCUT2D eigenvalue weighted by Gasteiger charge is 2.33. The molecule has 0 aliphatic carbocycles. The van der Waals surface area contributed by atoms with Gasteiger partial charge in [-0.05, 0) is 31.5 Å². The summed E-state index contributed by atoms with van der Waals surface area (Å²) < 4.78 is 14.5. The molecule has 2 unspecified atom stereocenters. The summed E-state index contributed by atoms with van der Waals surface area (Å²) in [6, 6.07) is 5.31. The van der Waals surface area contributed by atoms with E-state index in [1.807, 2.05) is 13.0 Å². The molecule has 0 saturated carbocycles. The van der Waals surface area contributed by atoms with Gasteiger partial charge in [0.25, 0.3) is 0 Å². The van der Waals surface area contributed by atoms with Crippen LogP contribution in [-0.2, 0) is 0 Å². The molecule has 2 atom stereocenters. The van der Waals surface area contributed by atoms with Gasteiger partial charge in [-0.15, -0.1) is 0 Å². The van der Waals surface area contributed by atoms with Crippen LogP contribution in [0.2, 0.25) is 0 Å². The summed E-state index contributed by atoms with van der Waals surface area (Å²) in [6.45, 7) is 3.55. The van der Waals surface area contributed by atoms with Gasteiger partial charge in [-0.2, -0.15) is 0 Å². The molecular weight excluding hydrogens is 256 g/mol. The summed E-state index contributed by atoms with van der Waals surface area (Å²) in [6.07, 6.45) is -0.544. The Morgan fingerprint density at radius 2 is 2.33 bits per heavy atom. The van der Waals surface area contributed by atoms with Gasteiger partial charge >= 0.3 is 0 Å². The Bertz CT molecular complexity index is 443. The van der Waals surface area contributed by atoms with E-state index < -0.39 is 12.0 Å². The first kappa shape index (κ1) is 9.40. The molecule has 0 N–H and O–H groups in total. The van der Waals surface area contributed by atoms with Crippen LogP contribution in [0.3, 0.4) is 0 Å². The normalized spacial score (nSPS) is 30.5. The van der Waals surface area contributed by atoms with Crippen LogP contribution < -0.4 is 4.74 Å². The lowest BCUT2D eigenvalue weighted by atomic mass is 9.88. The van der Waals surface area contributed by atoms with E-state index in [-0.39, 0.29) is 5.78 Å². The van der Waals surface area contributed by atoms with Gasteiger partial charge in [0.2, 0.25) is 0 Å². The highest BCUT2D eigenvalue weighted by molar-refractivity contribution is 9.10. The molecule has 0 saturated heterocycles. The van der Waals surface area contributed by atoms with Crippen LogP contribution in [0.25, 0.3) is 0 Å². The van der Waals surface area contributed by atoms with E-state index in [1.54, 1.807) is 19.1 Å². The number of ketones is 1. The van der Waals surface area contributed by atoms with Gasteiger partial charge in [-0.3, -0.25) is 4.79 Å². The Kier molecular flexibility index (Phi) is 2.49. The zero-order valence-electron chi connectivity index (χ0n) is 9.71. The number of halogens is 1. The van der Waals surface area contributed by atoms with Gasteiger partial charge in [0.05, 0.1) is 12.9 Å². The van der Waals surface area contributed by atoms with Crippen molar-refractivity contribution < 1.29 is 10.9 Å². The van der Waals surface area contributed by atoms with Crippen molar-refractivity contribution in [2.24, 2.45) is 5.92 Å². The molecule has 15 heavy (non-hydrogen) atoms. The summed E-state index contributed by atoms with van der Waals surface area (Å²) in [4.78, 5) is 12.2. The maximum atomic E-state index is 12.2. The highest BCUT2D eigenvalue weighted by Crippen LogP contribution is 2.33. The van der Waals surface area contributed by atoms with Crippen molar-refractivity contribution in [3.8, 4) is 5.75 Å². The molecule has 1 aliphatic heterocycles. The fourth-order valence-electron chi connectivity index (χ4n) is 1.87. The molecule has 0 fully saturated rings. The smallest absolute Gasteiger partial charge is 0.173 e. The summed E-state index contributed by atoms with van der Waals surface area (Å²) in [5.74, 6) is 0.118. The van der Waals surface area contributed by atoms with Gasteiger partial charge < -0.3 is 4.74 Å². The molecule has 1 aromatic carbocycles. The number of hydrogen-bond acceptors (Lipinski definition) is 2. The van der Waals surface area contributed by atoms with E-state index in [0.717, 1.165) is 4.47 Å². The lowest BCUT2D eigenvalue weighted by molar-refractivity contribution is 0.0692. The molecule has 1 aromatic rings. The zero-order chi connectivity index (χ0) is 11.9. The minimum Gasteiger partial charge on any atom is -0.489 e. The van der Waals surface area contributed by atoms with Crippen molar-refractivity contribution in [1.82, 2.24) is 0 Å². The Balaban J connectivity index is 2.53. The number of fused-ring (bicyclic) bond motifs is 1. The molecule has 2 nitrogen and oxygen atoms in total. The number of carbonyl (C=O) groups is 1. The van der Waals surface area contributed by atoms with Crippen LogP contribution in [0.1, 0.15) is 32.0 Å². The van der Waals surface area contributed by atoms with E-state index in [1.165, 1.54) is 0 Å². The Hall–Kier alpha value is -0.830. The maximum absolute atomic E-state index is 12.2. The molecular formula is C12H13BrO2. The fraction of sp³-hybridized carbons (Fsp3) is 0.417. The van der Waals surface area contributed by atoms with E-state index in [9.17, 15) is 4.79 Å². The molecule has 0 radical (unpaired) electrons. The lowest BCUT2D eigenvalue weighted by Gasteiger charge is -2.29. The third-order valence-electron chi connectivity index (χ3n) is 2.69. The standard InChI is InChI=1S/C12H13BrO2/c1-3-9-7(2)15-11-5-4-8(13)6-10(11)12(9)14/h4-7,9H,3H2,1-2H3/i7D. The van der Waals surface area contributed by atoms with Crippen molar-refractivity contribution >= 4 is 21.7 Å². The van der Waals surface area contributed by atoms with Crippen LogP contribution in [0, 0.1) is 5.92 Å². The predicted molar refractivity (Wildman–Crippen MR) is 62.3 cm³/mol. The second-order valence-corrected chi connectivity index (χ2v) is 4.59.